The summed E-state index contributed by atoms with van der Waals surface area (Å²) in [6.45, 7) is 0.880. The van der Waals surface area contributed by atoms with Crippen molar-refractivity contribution < 1.29 is 4.79 Å². The van der Waals surface area contributed by atoms with E-state index in [1.165, 1.54) is 4.68 Å². The topological polar surface area (TPSA) is 78.0 Å². The smallest absolute Gasteiger partial charge is 0.341 e. The summed E-state index contributed by atoms with van der Waals surface area (Å²) >= 11 is 0. The van der Waals surface area contributed by atoms with Gasteiger partial charge >= 0.3 is 5.69 Å². The van der Waals surface area contributed by atoms with Gasteiger partial charge in [-0.05, 0) is 18.6 Å². The molecular formula is C19H22N6O2. The quantitative estimate of drug-likeness (QED) is 0.690. The molecule has 4 rings (SSSR count). The lowest BCUT2D eigenvalue weighted by atomic mass is 9.98. The first-order valence-corrected chi connectivity index (χ1v) is 8.99. The Hall–Kier alpha value is -3.16. The van der Waals surface area contributed by atoms with Crippen molar-refractivity contribution in [2.75, 3.05) is 7.05 Å². The van der Waals surface area contributed by atoms with Crippen molar-refractivity contribution in [3.8, 4) is 5.69 Å². The van der Waals surface area contributed by atoms with Gasteiger partial charge in [-0.1, -0.05) is 18.2 Å². The predicted octanol–water partition coefficient (Wildman–Crippen LogP) is 0.988. The molecule has 1 aliphatic rings. The molecular weight excluding hydrogens is 344 g/mol. The van der Waals surface area contributed by atoms with E-state index in [0.717, 1.165) is 17.1 Å². The van der Waals surface area contributed by atoms with Crippen molar-refractivity contribution in [1.82, 2.24) is 29.0 Å². The van der Waals surface area contributed by atoms with Crippen LogP contribution in [0, 0.1) is 5.92 Å². The van der Waals surface area contributed by atoms with Crippen LogP contribution < -0.4 is 5.69 Å². The van der Waals surface area contributed by atoms with E-state index in [0.29, 0.717) is 25.9 Å². The van der Waals surface area contributed by atoms with Crippen LogP contribution in [0.1, 0.15) is 17.8 Å². The Labute approximate surface area is 156 Å². The molecule has 0 radical (unpaired) electrons. The number of aryl methyl sites for hydroxylation is 2. The molecule has 8 nitrogen and oxygen atoms in total. The second-order valence-electron chi connectivity index (χ2n) is 6.99. The van der Waals surface area contributed by atoms with Crippen LogP contribution in [0.3, 0.4) is 0 Å². The summed E-state index contributed by atoms with van der Waals surface area (Å²) in [6, 6.07) is 9.85. The van der Waals surface area contributed by atoms with Gasteiger partial charge in [-0.25, -0.2) is 14.2 Å². The van der Waals surface area contributed by atoms with E-state index in [9.17, 15) is 9.59 Å². The van der Waals surface area contributed by atoms with E-state index in [1.807, 2.05) is 36.5 Å². The molecule has 0 N–H and O–H groups in total. The fourth-order valence-electron chi connectivity index (χ4n) is 3.57. The largest absolute Gasteiger partial charge is 0.345 e. The maximum absolute atomic E-state index is 12.9. The summed E-state index contributed by atoms with van der Waals surface area (Å²) in [5, 5.41) is 8.60. The van der Waals surface area contributed by atoms with E-state index in [4.69, 9.17) is 0 Å². The number of hydrogen-bond donors (Lipinski definition) is 0. The zero-order valence-electron chi connectivity index (χ0n) is 15.4. The molecule has 1 amide bonds. The second kappa shape index (κ2) is 6.86. The number of aromatic nitrogens is 5. The predicted molar refractivity (Wildman–Crippen MR) is 99.3 cm³/mol. The molecule has 140 valence electrons. The van der Waals surface area contributed by atoms with Gasteiger partial charge in [0.1, 0.15) is 5.82 Å². The molecule has 27 heavy (non-hydrogen) atoms. The Bertz CT molecular complexity index is 1020. The van der Waals surface area contributed by atoms with E-state index in [-0.39, 0.29) is 17.5 Å². The minimum absolute atomic E-state index is 0.0452. The molecule has 1 atom stereocenters. The molecule has 3 aromatic rings. The normalized spacial score (nSPS) is 16.1. The molecule has 1 aromatic carbocycles. The van der Waals surface area contributed by atoms with Gasteiger partial charge < -0.3 is 4.90 Å². The third kappa shape index (κ3) is 3.30. The van der Waals surface area contributed by atoms with Crippen LogP contribution in [-0.4, -0.2) is 42.0 Å². The molecule has 8 heteroatoms. The van der Waals surface area contributed by atoms with Gasteiger partial charge in [0.05, 0.1) is 17.8 Å². The first-order chi connectivity index (χ1) is 13.0. The molecule has 0 aliphatic carbocycles. The number of benzene rings is 1. The maximum atomic E-state index is 12.9. The minimum atomic E-state index is -0.200. The highest BCUT2D eigenvalue weighted by atomic mass is 16.2. The molecule has 3 heterocycles. The van der Waals surface area contributed by atoms with E-state index < -0.39 is 0 Å². The van der Waals surface area contributed by atoms with Gasteiger partial charge in [0.15, 0.2) is 0 Å². The summed E-state index contributed by atoms with van der Waals surface area (Å²) in [4.78, 5) is 26.7. The van der Waals surface area contributed by atoms with Crippen LogP contribution in [0.2, 0.25) is 0 Å². The third-order valence-electron chi connectivity index (χ3n) is 5.01. The van der Waals surface area contributed by atoms with E-state index in [2.05, 4.69) is 10.2 Å². The Balaban J connectivity index is 1.44. The molecule has 1 aliphatic heterocycles. The van der Waals surface area contributed by atoms with E-state index in [1.54, 1.807) is 34.4 Å². The van der Waals surface area contributed by atoms with Crippen molar-refractivity contribution in [1.29, 1.82) is 0 Å². The van der Waals surface area contributed by atoms with Crippen molar-refractivity contribution in [3.05, 3.63) is 64.6 Å². The van der Waals surface area contributed by atoms with Crippen LogP contribution in [-0.2, 0) is 31.4 Å². The van der Waals surface area contributed by atoms with Gasteiger partial charge in [-0.3, -0.25) is 9.36 Å². The van der Waals surface area contributed by atoms with Crippen LogP contribution in [0.15, 0.2) is 47.5 Å². The molecule has 0 unspecified atom stereocenters. The Kier molecular flexibility index (Phi) is 4.39. The van der Waals surface area contributed by atoms with Gasteiger partial charge in [0, 0.05) is 45.4 Å². The average molecular weight is 366 g/mol. The summed E-state index contributed by atoms with van der Waals surface area (Å²) in [6.07, 6.45) is 5.07. The fourth-order valence-corrected chi connectivity index (χ4v) is 3.57. The zero-order valence-corrected chi connectivity index (χ0v) is 15.4. The monoisotopic (exact) mass is 366 g/mol. The van der Waals surface area contributed by atoms with Gasteiger partial charge in [-0.15, -0.1) is 0 Å². The highest BCUT2D eigenvalue weighted by Gasteiger charge is 2.29. The van der Waals surface area contributed by atoms with Crippen molar-refractivity contribution in [3.63, 3.8) is 0 Å². The second-order valence-corrected chi connectivity index (χ2v) is 6.99. The Morgan fingerprint density at radius 1 is 1.30 bits per heavy atom. The zero-order chi connectivity index (χ0) is 19.0. The van der Waals surface area contributed by atoms with Crippen LogP contribution in [0.25, 0.3) is 5.69 Å². The third-order valence-corrected chi connectivity index (χ3v) is 5.01. The SMILES string of the molecule is CN(Cc1cnn(-c2ccccc2)c1)C(=O)[C@H]1CCc2nn(C)c(=O)n2C1. The lowest BCUT2D eigenvalue weighted by Gasteiger charge is -2.26. The van der Waals surface area contributed by atoms with Gasteiger partial charge in [-0.2, -0.15) is 10.2 Å². The number of amides is 1. The number of hydrogen-bond acceptors (Lipinski definition) is 4. The first kappa shape index (κ1) is 17.3. The molecule has 0 fully saturated rings. The molecule has 0 bridgehead atoms. The number of rotatable bonds is 4. The van der Waals surface area contributed by atoms with Crippen LogP contribution >= 0.6 is 0 Å². The highest BCUT2D eigenvalue weighted by molar-refractivity contribution is 5.78. The fraction of sp³-hybridized carbons (Fsp3) is 0.368. The summed E-state index contributed by atoms with van der Waals surface area (Å²) in [5.41, 5.74) is 1.78. The van der Waals surface area contributed by atoms with Gasteiger partial charge in [0.2, 0.25) is 5.91 Å². The molecule has 2 aromatic heterocycles. The van der Waals surface area contributed by atoms with Crippen LogP contribution in [0.4, 0.5) is 0 Å². The maximum Gasteiger partial charge on any atom is 0.345 e. The highest BCUT2D eigenvalue weighted by Crippen LogP contribution is 2.20. The minimum Gasteiger partial charge on any atom is -0.341 e. The standard InChI is InChI=1S/C19H22N6O2/c1-22(11-14-10-20-25(12-14)16-6-4-3-5-7-16)18(26)15-8-9-17-21-23(2)19(27)24(17)13-15/h3-7,10,12,15H,8-9,11,13H2,1-2H3/t15-/m0/s1. The average Bonchev–Trinajstić information content (AvgIpc) is 3.26. The lowest BCUT2D eigenvalue weighted by molar-refractivity contribution is -0.135. The Morgan fingerprint density at radius 2 is 2.07 bits per heavy atom. The number of fused-ring (bicyclic) bond motifs is 1. The number of nitrogens with zero attached hydrogens (tertiary/aromatic N) is 6. The molecule has 0 saturated heterocycles. The van der Waals surface area contributed by atoms with Crippen molar-refractivity contribution in [2.24, 2.45) is 13.0 Å². The van der Waals surface area contributed by atoms with Crippen LogP contribution in [0.5, 0.6) is 0 Å². The summed E-state index contributed by atoms with van der Waals surface area (Å²) in [5.74, 6) is 0.607. The molecule has 0 spiro atoms. The number of para-hydroxylation sites is 1. The van der Waals surface area contributed by atoms with Crippen molar-refractivity contribution in [2.45, 2.75) is 25.9 Å². The number of carbonyl (C=O) groups excluding carboxylic acids is 1. The van der Waals surface area contributed by atoms with E-state index >= 15 is 0 Å². The summed E-state index contributed by atoms with van der Waals surface area (Å²) in [7, 11) is 3.44. The molecule has 0 saturated carbocycles. The summed E-state index contributed by atoms with van der Waals surface area (Å²) < 4.78 is 4.76. The first-order valence-electron chi connectivity index (χ1n) is 8.99. The number of carbonyl (C=O) groups is 1. The Morgan fingerprint density at radius 3 is 2.85 bits per heavy atom. The van der Waals surface area contributed by atoms with Crippen molar-refractivity contribution >= 4 is 5.91 Å². The van der Waals surface area contributed by atoms with Gasteiger partial charge in [0.25, 0.3) is 0 Å². The lowest BCUT2D eigenvalue weighted by Crippen LogP contribution is -2.39.